The Bertz CT molecular complexity index is 391. The molecule has 3 heteroatoms. The van der Waals surface area contributed by atoms with Crippen LogP contribution in [0.15, 0.2) is 30.3 Å². The predicted octanol–water partition coefficient (Wildman–Crippen LogP) is 3.17. The lowest BCUT2D eigenvalue weighted by atomic mass is 10.1. The number of morpholine rings is 1. The Morgan fingerprint density at radius 3 is 2.84 bits per heavy atom. The summed E-state index contributed by atoms with van der Waals surface area (Å²) in [4.78, 5) is 14.1. The first kappa shape index (κ1) is 14.1. The van der Waals surface area contributed by atoms with Gasteiger partial charge in [0.1, 0.15) is 6.10 Å². The molecule has 2 rings (SSSR count). The molecule has 0 aliphatic carbocycles. The van der Waals surface area contributed by atoms with Gasteiger partial charge in [-0.05, 0) is 12.0 Å². The zero-order valence-electron chi connectivity index (χ0n) is 11.7. The molecular weight excluding hydrogens is 238 g/mol. The third kappa shape index (κ3) is 4.06. The number of carbonyl (C=O) groups is 1. The second kappa shape index (κ2) is 7.29. The highest BCUT2D eigenvalue weighted by molar-refractivity contribution is 5.76. The van der Waals surface area contributed by atoms with E-state index in [0.717, 1.165) is 31.4 Å². The van der Waals surface area contributed by atoms with E-state index < -0.39 is 0 Å². The lowest BCUT2D eigenvalue weighted by molar-refractivity contribution is -0.139. The molecule has 3 nitrogen and oxygen atoms in total. The van der Waals surface area contributed by atoms with Crippen molar-refractivity contribution in [2.75, 3.05) is 19.7 Å². The van der Waals surface area contributed by atoms with Crippen molar-refractivity contribution in [1.82, 2.24) is 4.90 Å². The largest absolute Gasteiger partial charge is 0.370 e. The maximum absolute atomic E-state index is 12.1. The van der Waals surface area contributed by atoms with Gasteiger partial charge in [0.25, 0.3) is 0 Å². The van der Waals surface area contributed by atoms with Crippen LogP contribution in [0.4, 0.5) is 0 Å². The van der Waals surface area contributed by atoms with E-state index in [4.69, 9.17) is 4.74 Å². The highest BCUT2D eigenvalue weighted by Gasteiger charge is 2.24. The van der Waals surface area contributed by atoms with Gasteiger partial charge in [-0.25, -0.2) is 0 Å². The van der Waals surface area contributed by atoms with Gasteiger partial charge in [-0.1, -0.05) is 50.1 Å². The zero-order chi connectivity index (χ0) is 13.5. The fourth-order valence-electron chi connectivity index (χ4n) is 2.43. The van der Waals surface area contributed by atoms with Crippen LogP contribution in [0.3, 0.4) is 0 Å². The van der Waals surface area contributed by atoms with Crippen LogP contribution in [-0.2, 0) is 9.53 Å². The molecule has 0 N–H and O–H groups in total. The Kier molecular flexibility index (Phi) is 5.40. The smallest absolute Gasteiger partial charge is 0.222 e. The fourth-order valence-corrected chi connectivity index (χ4v) is 2.43. The summed E-state index contributed by atoms with van der Waals surface area (Å²) < 4.78 is 5.78. The van der Waals surface area contributed by atoms with E-state index in [-0.39, 0.29) is 12.0 Å². The van der Waals surface area contributed by atoms with E-state index in [9.17, 15) is 4.79 Å². The number of nitrogens with zero attached hydrogens (tertiary/aromatic N) is 1. The van der Waals surface area contributed by atoms with Gasteiger partial charge in [-0.15, -0.1) is 0 Å². The summed E-state index contributed by atoms with van der Waals surface area (Å²) in [5.41, 5.74) is 1.16. The van der Waals surface area contributed by atoms with E-state index in [2.05, 4.69) is 19.1 Å². The normalized spacial score (nSPS) is 19.4. The first-order valence-electron chi connectivity index (χ1n) is 7.25. The Labute approximate surface area is 115 Å². The van der Waals surface area contributed by atoms with E-state index in [0.29, 0.717) is 19.6 Å². The molecule has 1 amide bonds. The fraction of sp³-hybridized carbons (Fsp3) is 0.562. The van der Waals surface area contributed by atoms with Crippen LogP contribution in [0.25, 0.3) is 0 Å². The monoisotopic (exact) mass is 261 g/mol. The van der Waals surface area contributed by atoms with Crippen LogP contribution in [0, 0.1) is 0 Å². The van der Waals surface area contributed by atoms with Gasteiger partial charge in [0.15, 0.2) is 0 Å². The number of hydrogen-bond acceptors (Lipinski definition) is 2. The van der Waals surface area contributed by atoms with Gasteiger partial charge in [-0.3, -0.25) is 4.79 Å². The second-order valence-corrected chi connectivity index (χ2v) is 5.07. The van der Waals surface area contributed by atoms with Crippen molar-refractivity contribution < 1.29 is 9.53 Å². The van der Waals surface area contributed by atoms with Gasteiger partial charge in [0.05, 0.1) is 13.2 Å². The molecule has 0 spiro atoms. The van der Waals surface area contributed by atoms with Gasteiger partial charge in [-0.2, -0.15) is 0 Å². The molecule has 1 aliphatic rings. The average Bonchev–Trinajstić information content (AvgIpc) is 2.48. The van der Waals surface area contributed by atoms with Crippen LogP contribution in [0.5, 0.6) is 0 Å². The minimum absolute atomic E-state index is 0.0325. The average molecular weight is 261 g/mol. The van der Waals surface area contributed by atoms with E-state index >= 15 is 0 Å². The maximum atomic E-state index is 12.1. The topological polar surface area (TPSA) is 29.5 Å². The number of unbranched alkanes of at least 4 members (excludes halogenated alkanes) is 2. The highest BCUT2D eigenvalue weighted by atomic mass is 16.5. The molecule has 0 bridgehead atoms. The number of carbonyl (C=O) groups excluding carboxylic acids is 1. The van der Waals surface area contributed by atoms with Crippen LogP contribution in [-0.4, -0.2) is 30.5 Å². The molecule has 19 heavy (non-hydrogen) atoms. The number of hydrogen-bond donors (Lipinski definition) is 0. The molecule has 0 aromatic heterocycles. The quantitative estimate of drug-likeness (QED) is 0.762. The molecule has 1 aromatic rings. The molecule has 104 valence electrons. The third-order valence-electron chi connectivity index (χ3n) is 3.58. The Hall–Kier alpha value is -1.35. The third-order valence-corrected chi connectivity index (χ3v) is 3.58. The Balaban J connectivity index is 1.88. The summed E-state index contributed by atoms with van der Waals surface area (Å²) in [6, 6.07) is 10.2. The van der Waals surface area contributed by atoms with Gasteiger partial charge < -0.3 is 9.64 Å². The Morgan fingerprint density at radius 2 is 2.11 bits per heavy atom. The SMILES string of the molecule is CCCCCC(=O)N1CCOC(c2ccccc2)C1. The van der Waals surface area contributed by atoms with Crippen molar-refractivity contribution in [3.8, 4) is 0 Å². The lowest BCUT2D eigenvalue weighted by Crippen LogP contribution is -2.42. The molecule has 0 radical (unpaired) electrons. The van der Waals surface area contributed by atoms with Crippen molar-refractivity contribution in [2.45, 2.75) is 38.7 Å². The number of rotatable bonds is 5. The maximum Gasteiger partial charge on any atom is 0.222 e. The minimum Gasteiger partial charge on any atom is -0.370 e. The molecule has 1 saturated heterocycles. The van der Waals surface area contributed by atoms with Crippen LogP contribution >= 0.6 is 0 Å². The second-order valence-electron chi connectivity index (χ2n) is 5.07. The summed E-state index contributed by atoms with van der Waals surface area (Å²) in [7, 11) is 0. The summed E-state index contributed by atoms with van der Waals surface area (Å²) in [6.07, 6.45) is 4.00. The molecule has 1 fully saturated rings. The first-order chi connectivity index (χ1) is 9.31. The van der Waals surface area contributed by atoms with Crippen LogP contribution in [0.2, 0.25) is 0 Å². The van der Waals surface area contributed by atoms with Gasteiger partial charge in [0, 0.05) is 13.0 Å². The summed E-state index contributed by atoms with van der Waals surface area (Å²) >= 11 is 0. The van der Waals surface area contributed by atoms with Crippen molar-refractivity contribution in [2.24, 2.45) is 0 Å². The number of ether oxygens (including phenoxy) is 1. The van der Waals surface area contributed by atoms with Gasteiger partial charge >= 0.3 is 0 Å². The zero-order valence-corrected chi connectivity index (χ0v) is 11.7. The van der Waals surface area contributed by atoms with Crippen LogP contribution in [0.1, 0.15) is 44.3 Å². The standard InChI is InChI=1S/C16H23NO2/c1-2-3-5-10-16(18)17-11-12-19-15(13-17)14-8-6-4-7-9-14/h4,6-9,15H,2-3,5,10-13H2,1H3. The first-order valence-corrected chi connectivity index (χ1v) is 7.25. The molecular formula is C16H23NO2. The van der Waals surface area contributed by atoms with Crippen molar-refractivity contribution >= 4 is 5.91 Å². The highest BCUT2D eigenvalue weighted by Crippen LogP contribution is 2.22. The van der Waals surface area contributed by atoms with E-state index in [1.165, 1.54) is 0 Å². The predicted molar refractivity (Wildman–Crippen MR) is 75.9 cm³/mol. The summed E-state index contributed by atoms with van der Waals surface area (Å²) in [5, 5.41) is 0. The van der Waals surface area contributed by atoms with Gasteiger partial charge in [0.2, 0.25) is 5.91 Å². The number of amides is 1. The summed E-state index contributed by atoms with van der Waals surface area (Å²) in [5.74, 6) is 0.276. The van der Waals surface area contributed by atoms with E-state index in [1.54, 1.807) is 0 Å². The van der Waals surface area contributed by atoms with Crippen molar-refractivity contribution in [3.63, 3.8) is 0 Å². The van der Waals surface area contributed by atoms with Crippen molar-refractivity contribution in [1.29, 1.82) is 0 Å². The van der Waals surface area contributed by atoms with E-state index in [1.807, 2.05) is 23.1 Å². The lowest BCUT2D eigenvalue weighted by Gasteiger charge is -2.33. The molecule has 1 heterocycles. The van der Waals surface area contributed by atoms with Crippen molar-refractivity contribution in [3.05, 3.63) is 35.9 Å². The molecule has 1 aromatic carbocycles. The molecule has 1 aliphatic heterocycles. The number of benzene rings is 1. The van der Waals surface area contributed by atoms with Crippen LogP contribution < -0.4 is 0 Å². The molecule has 0 saturated carbocycles. The Morgan fingerprint density at radius 1 is 1.32 bits per heavy atom. The summed E-state index contributed by atoms with van der Waals surface area (Å²) in [6.45, 7) is 4.22. The molecule has 1 unspecified atom stereocenters. The molecule has 1 atom stereocenters. The minimum atomic E-state index is 0.0325.